The zero-order valence-corrected chi connectivity index (χ0v) is 13.7. The smallest absolute Gasteiger partial charge is 0.141 e. The summed E-state index contributed by atoms with van der Waals surface area (Å²) in [4.78, 5) is 8.74. The number of hydrogen-bond donors (Lipinski definition) is 1. The molecule has 108 valence electrons. The third-order valence-electron chi connectivity index (χ3n) is 3.59. The normalized spacial score (nSPS) is 10.1. The molecule has 0 saturated carbocycles. The molecule has 0 radical (unpaired) electrons. The van der Waals surface area contributed by atoms with Gasteiger partial charge < -0.3 is 5.32 Å². The lowest BCUT2D eigenvalue weighted by Gasteiger charge is -2.10. The topological polar surface area (TPSA) is 37.8 Å². The molecular formula is C18H16N3P. The van der Waals surface area contributed by atoms with E-state index in [1.807, 2.05) is 24.3 Å². The molecule has 0 aliphatic rings. The lowest BCUT2D eigenvalue weighted by atomic mass is 10.1. The molecular weight excluding hydrogens is 289 g/mol. The summed E-state index contributed by atoms with van der Waals surface area (Å²) in [6.07, 6.45) is 1.59. The van der Waals surface area contributed by atoms with Gasteiger partial charge in [0.15, 0.2) is 0 Å². The summed E-state index contributed by atoms with van der Waals surface area (Å²) in [6.45, 7) is 4.19. The molecule has 1 aromatic heterocycles. The first-order chi connectivity index (χ1) is 10.7. The van der Waals surface area contributed by atoms with Crippen molar-refractivity contribution >= 4 is 31.6 Å². The standard InChI is InChI=1S/C18H16N3P/c1-12-8-16-17(9-13(12)2)19-11-20-18(16)21-15-5-3-4-14(10-15)6-7-22/h3-5,8-11H,22H2,1-2H3,(H,19,20,21). The first-order valence-electron chi connectivity index (χ1n) is 6.98. The van der Waals surface area contributed by atoms with Crippen LogP contribution in [0.5, 0.6) is 0 Å². The molecule has 3 nitrogen and oxygen atoms in total. The number of nitrogens with one attached hydrogen (secondary N) is 1. The minimum Gasteiger partial charge on any atom is -0.340 e. The molecule has 4 heteroatoms. The zero-order chi connectivity index (χ0) is 15.5. The Balaban J connectivity index is 2.05. The van der Waals surface area contributed by atoms with Gasteiger partial charge in [-0.15, -0.1) is 0 Å². The number of aromatic nitrogens is 2. The van der Waals surface area contributed by atoms with Gasteiger partial charge in [-0.2, -0.15) is 0 Å². The van der Waals surface area contributed by atoms with Crippen LogP contribution < -0.4 is 5.32 Å². The van der Waals surface area contributed by atoms with Gasteiger partial charge in [0.25, 0.3) is 0 Å². The third-order valence-corrected chi connectivity index (χ3v) is 3.74. The Morgan fingerprint density at radius 3 is 2.68 bits per heavy atom. The van der Waals surface area contributed by atoms with Crippen molar-refractivity contribution in [2.75, 3.05) is 5.32 Å². The van der Waals surface area contributed by atoms with Crippen molar-refractivity contribution in [1.29, 1.82) is 0 Å². The zero-order valence-electron chi connectivity index (χ0n) is 12.5. The molecule has 1 atom stereocenters. The van der Waals surface area contributed by atoms with Crippen LogP contribution in [0.2, 0.25) is 0 Å². The summed E-state index contributed by atoms with van der Waals surface area (Å²) in [5.74, 6) is 3.84. The number of aryl methyl sites for hydroxylation is 2. The molecule has 22 heavy (non-hydrogen) atoms. The summed E-state index contributed by atoms with van der Waals surface area (Å²) >= 11 is 0. The van der Waals surface area contributed by atoms with Gasteiger partial charge in [0, 0.05) is 16.6 Å². The van der Waals surface area contributed by atoms with Crippen molar-refractivity contribution in [3.05, 3.63) is 59.4 Å². The molecule has 0 saturated heterocycles. The minimum absolute atomic E-state index is 0.809. The predicted octanol–water partition coefficient (Wildman–Crippen LogP) is 4.17. The highest BCUT2D eigenvalue weighted by atomic mass is 31.0. The average molecular weight is 305 g/mol. The third kappa shape index (κ3) is 2.93. The van der Waals surface area contributed by atoms with Crippen LogP contribution >= 0.6 is 9.24 Å². The molecule has 0 bridgehead atoms. The van der Waals surface area contributed by atoms with E-state index in [4.69, 9.17) is 0 Å². The van der Waals surface area contributed by atoms with Crippen LogP contribution in [0.25, 0.3) is 10.9 Å². The highest BCUT2D eigenvalue weighted by Gasteiger charge is 2.06. The van der Waals surface area contributed by atoms with Crippen LogP contribution in [-0.2, 0) is 0 Å². The van der Waals surface area contributed by atoms with Gasteiger partial charge in [-0.1, -0.05) is 26.9 Å². The summed E-state index contributed by atoms with van der Waals surface area (Å²) in [5, 5.41) is 4.39. The van der Waals surface area contributed by atoms with E-state index in [1.165, 1.54) is 11.1 Å². The van der Waals surface area contributed by atoms with Gasteiger partial charge in [-0.3, -0.25) is 0 Å². The van der Waals surface area contributed by atoms with E-state index < -0.39 is 0 Å². The fraction of sp³-hybridized carbons (Fsp3) is 0.111. The van der Waals surface area contributed by atoms with Crippen molar-refractivity contribution in [2.24, 2.45) is 0 Å². The van der Waals surface area contributed by atoms with Crippen LogP contribution in [0.4, 0.5) is 11.5 Å². The second kappa shape index (κ2) is 6.13. The highest BCUT2D eigenvalue weighted by Crippen LogP contribution is 2.25. The summed E-state index contributed by atoms with van der Waals surface area (Å²) in [5.41, 5.74) is 8.16. The monoisotopic (exact) mass is 305 g/mol. The van der Waals surface area contributed by atoms with Crippen molar-refractivity contribution < 1.29 is 0 Å². The Hall–Kier alpha value is -2.43. The van der Waals surface area contributed by atoms with E-state index in [9.17, 15) is 0 Å². The van der Waals surface area contributed by atoms with E-state index in [2.05, 4.69) is 62.1 Å². The van der Waals surface area contributed by atoms with E-state index in [0.717, 1.165) is 28.0 Å². The number of fused-ring (bicyclic) bond motifs is 1. The molecule has 0 spiro atoms. The first-order valence-corrected chi connectivity index (χ1v) is 7.56. The molecule has 3 aromatic rings. The second-order valence-corrected chi connectivity index (χ2v) is 5.44. The Kier molecular flexibility index (Phi) is 4.04. The molecule has 0 fully saturated rings. The second-order valence-electron chi connectivity index (χ2n) is 5.15. The lowest BCUT2D eigenvalue weighted by molar-refractivity contribution is 1.21. The fourth-order valence-corrected chi connectivity index (χ4v) is 2.48. The van der Waals surface area contributed by atoms with Gasteiger partial charge in [-0.05, 0) is 55.3 Å². The summed E-state index contributed by atoms with van der Waals surface area (Å²) in [7, 11) is 2.41. The molecule has 0 aliphatic carbocycles. The van der Waals surface area contributed by atoms with E-state index >= 15 is 0 Å². The van der Waals surface area contributed by atoms with E-state index in [0.29, 0.717) is 0 Å². The quantitative estimate of drug-likeness (QED) is 0.570. The Bertz CT molecular complexity index is 907. The van der Waals surface area contributed by atoms with Crippen LogP contribution in [0.1, 0.15) is 16.7 Å². The molecule has 1 heterocycles. The number of nitrogens with zero attached hydrogens (tertiary/aromatic N) is 2. The first kappa shape index (κ1) is 14.5. The van der Waals surface area contributed by atoms with E-state index in [-0.39, 0.29) is 0 Å². The summed E-state index contributed by atoms with van der Waals surface area (Å²) in [6, 6.07) is 12.2. The molecule has 1 N–H and O–H groups in total. The van der Waals surface area contributed by atoms with Gasteiger partial charge in [0.05, 0.1) is 5.52 Å². The van der Waals surface area contributed by atoms with Gasteiger partial charge in [0.2, 0.25) is 0 Å². The Morgan fingerprint density at radius 1 is 1.05 bits per heavy atom. The largest absolute Gasteiger partial charge is 0.340 e. The Labute approximate surface area is 132 Å². The Morgan fingerprint density at radius 2 is 1.86 bits per heavy atom. The molecule has 3 rings (SSSR count). The number of rotatable bonds is 2. The SMILES string of the molecule is Cc1cc2ncnc(Nc3cccc(C#CP)c3)c2cc1C. The van der Waals surface area contributed by atoms with Crippen LogP contribution in [-0.4, -0.2) is 9.97 Å². The fourth-order valence-electron chi connectivity index (χ4n) is 2.31. The number of benzene rings is 2. The highest BCUT2D eigenvalue weighted by molar-refractivity contribution is 7.23. The predicted molar refractivity (Wildman–Crippen MR) is 95.3 cm³/mol. The maximum absolute atomic E-state index is 4.39. The maximum Gasteiger partial charge on any atom is 0.141 e. The number of hydrogen-bond acceptors (Lipinski definition) is 3. The van der Waals surface area contributed by atoms with Crippen molar-refractivity contribution in [1.82, 2.24) is 9.97 Å². The van der Waals surface area contributed by atoms with Gasteiger partial charge >= 0.3 is 0 Å². The van der Waals surface area contributed by atoms with Crippen molar-refractivity contribution in [3.8, 4) is 11.6 Å². The van der Waals surface area contributed by atoms with Crippen LogP contribution in [0, 0.1) is 25.4 Å². The van der Waals surface area contributed by atoms with Gasteiger partial charge in [-0.25, -0.2) is 9.97 Å². The van der Waals surface area contributed by atoms with E-state index in [1.54, 1.807) is 6.33 Å². The van der Waals surface area contributed by atoms with Crippen LogP contribution in [0.3, 0.4) is 0 Å². The van der Waals surface area contributed by atoms with Crippen LogP contribution in [0.15, 0.2) is 42.7 Å². The van der Waals surface area contributed by atoms with Gasteiger partial charge in [0.1, 0.15) is 12.1 Å². The van der Waals surface area contributed by atoms with Crippen molar-refractivity contribution in [2.45, 2.75) is 13.8 Å². The lowest BCUT2D eigenvalue weighted by Crippen LogP contribution is -1.97. The number of anilines is 2. The minimum atomic E-state index is 0.809. The molecule has 0 aliphatic heterocycles. The molecule has 2 aromatic carbocycles. The molecule has 0 amide bonds. The summed E-state index contributed by atoms with van der Waals surface area (Å²) < 4.78 is 0. The molecule has 1 unspecified atom stereocenters. The average Bonchev–Trinajstić information content (AvgIpc) is 2.50. The van der Waals surface area contributed by atoms with Crippen molar-refractivity contribution in [3.63, 3.8) is 0 Å². The maximum atomic E-state index is 4.39.